The SMILES string of the molecule is O=C(NCC1CCCCC1)c1[nH]c2ccccc2c1S(=O)(=O)c1ccc(Cl)cc1. The number of hydrogen-bond acceptors (Lipinski definition) is 3. The molecule has 5 nitrogen and oxygen atoms in total. The average molecular weight is 431 g/mol. The number of rotatable bonds is 5. The van der Waals surface area contributed by atoms with E-state index in [1.807, 2.05) is 0 Å². The molecule has 1 fully saturated rings. The minimum Gasteiger partial charge on any atom is -0.350 e. The van der Waals surface area contributed by atoms with Crippen molar-refractivity contribution in [3.63, 3.8) is 0 Å². The zero-order valence-electron chi connectivity index (χ0n) is 15.9. The highest BCUT2D eigenvalue weighted by Crippen LogP contribution is 2.32. The third kappa shape index (κ3) is 4.05. The number of nitrogens with one attached hydrogen (secondary N) is 2. The van der Waals surface area contributed by atoms with Crippen molar-refractivity contribution in [1.29, 1.82) is 0 Å². The van der Waals surface area contributed by atoms with Gasteiger partial charge in [0.15, 0.2) is 0 Å². The van der Waals surface area contributed by atoms with Crippen molar-refractivity contribution in [3.8, 4) is 0 Å². The Morgan fingerprint density at radius 1 is 1.03 bits per heavy atom. The van der Waals surface area contributed by atoms with Crippen LogP contribution in [0.4, 0.5) is 0 Å². The van der Waals surface area contributed by atoms with Gasteiger partial charge in [-0.2, -0.15) is 0 Å². The van der Waals surface area contributed by atoms with E-state index in [0.717, 1.165) is 12.8 Å². The first-order valence-electron chi connectivity index (χ1n) is 9.86. The number of halogens is 1. The first-order chi connectivity index (χ1) is 14.0. The van der Waals surface area contributed by atoms with Crippen LogP contribution in [0.3, 0.4) is 0 Å². The predicted octanol–water partition coefficient (Wildman–Crippen LogP) is 4.96. The van der Waals surface area contributed by atoms with Crippen molar-refractivity contribution in [3.05, 3.63) is 59.2 Å². The van der Waals surface area contributed by atoms with Crippen LogP contribution in [0.2, 0.25) is 5.02 Å². The molecule has 1 saturated carbocycles. The van der Waals surface area contributed by atoms with Crippen LogP contribution in [0, 0.1) is 5.92 Å². The number of amides is 1. The van der Waals surface area contributed by atoms with E-state index in [-0.39, 0.29) is 21.4 Å². The molecule has 152 valence electrons. The van der Waals surface area contributed by atoms with Crippen molar-refractivity contribution >= 4 is 38.2 Å². The van der Waals surface area contributed by atoms with Gasteiger partial charge in [0.2, 0.25) is 9.84 Å². The molecule has 0 spiro atoms. The van der Waals surface area contributed by atoms with Crippen LogP contribution in [0.15, 0.2) is 58.3 Å². The summed E-state index contributed by atoms with van der Waals surface area (Å²) in [4.78, 5) is 16.1. The molecule has 0 bridgehead atoms. The Morgan fingerprint density at radius 3 is 2.45 bits per heavy atom. The molecule has 3 aromatic rings. The molecule has 0 saturated heterocycles. The average Bonchev–Trinajstić information content (AvgIpc) is 3.13. The Bertz CT molecular complexity index is 1130. The monoisotopic (exact) mass is 430 g/mol. The number of aromatic nitrogens is 1. The van der Waals surface area contributed by atoms with Crippen LogP contribution in [0.5, 0.6) is 0 Å². The Balaban J connectivity index is 1.72. The van der Waals surface area contributed by atoms with Gasteiger partial charge in [-0.3, -0.25) is 4.79 Å². The normalized spacial score (nSPS) is 15.5. The number of hydrogen-bond donors (Lipinski definition) is 2. The molecule has 1 aromatic heterocycles. The lowest BCUT2D eigenvalue weighted by Gasteiger charge is -2.21. The molecule has 0 unspecified atom stereocenters. The highest BCUT2D eigenvalue weighted by atomic mass is 35.5. The summed E-state index contributed by atoms with van der Waals surface area (Å²) in [7, 11) is -3.91. The van der Waals surface area contributed by atoms with Crippen LogP contribution in [-0.4, -0.2) is 25.9 Å². The predicted molar refractivity (Wildman–Crippen MR) is 114 cm³/mol. The van der Waals surface area contributed by atoms with Crippen molar-refractivity contribution in [1.82, 2.24) is 10.3 Å². The zero-order chi connectivity index (χ0) is 20.4. The minimum atomic E-state index is -3.91. The van der Waals surface area contributed by atoms with E-state index in [1.165, 1.54) is 43.5 Å². The zero-order valence-corrected chi connectivity index (χ0v) is 17.5. The Hall–Kier alpha value is -2.31. The smallest absolute Gasteiger partial charge is 0.269 e. The van der Waals surface area contributed by atoms with Gasteiger partial charge in [-0.05, 0) is 49.1 Å². The van der Waals surface area contributed by atoms with Gasteiger partial charge in [-0.25, -0.2) is 8.42 Å². The number of aromatic amines is 1. The van der Waals surface area contributed by atoms with Gasteiger partial charge in [-0.1, -0.05) is 49.1 Å². The summed E-state index contributed by atoms with van der Waals surface area (Å²) in [6.07, 6.45) is 5.81. The lowest BCUT2D eigenvalue weighted by atomic mass is 9.89. The molecule has 1 aliphatic carbocycles. The van der Waals surface area contributed by atoms with Crippen molar-refractivity contribution in [2.75, 3.05) is 6.54 Å². The van der Waals surface area contributed by atoms with E-state index in [1.54, 1.807) is 24.3 Å². The first kappa shape index (κ1) is 20.0. The van der Waals surface area contributed by atoms with E-state index in [4.69, 9.17) is 11.6 Å². The van der Waals surface area contributed by atoms with Crippen molar-refractivity contribution in [2.45, 2.75) is 41.9 Å². The number of fused-ring (bicyclic) bond motifs is 1. The van der Waals surface area contributed by atoms with E-state index < -0.39 is 9.84 Å². The largest absolute Gasteiger partial charge is 0.350 e. The number of sulfone groups is 1. The third-order valence-electron chi connectivity index (χ3n) is 5.55. The van der Waals surface area contributed by atoms with Gasteiger partial charge in [0, 0.05) is 22.5 Å². The summed E-state index contributed by atoms with van der Waals surface area (Å²) in [6, 6.07) is 13.0. The summed E-state index contributed by atoms with van der Waals surface area (Å²) in [6.45, 7) is 0.564. The number of carbonyl (C=O) groups is 1. The fraction of sp³-hybridized carbons (Fsp3) is 0.318. The van der Waals surface area contributed by atoms with Crippen LogP contribution in [0.25, 0.3) is 10.9 Å². The summed E-state index contributed by atoms with van der Waals surface area (Å²) in [5, 5.41) is 3.90. The second kappa shape index (κ2) is 8.20. The molecular weight excluding hydrogens is 408 g/mol. The molecule has 2 aromatic carbocycles. The van der Waals surface area contributed by atoms with E-state index in [2.05, 4.69) is 10.3 Å². The van der Waals surface area contributed by atoms with Crippen molar-refractivity contribution < 1.29 is 13.2 Å². The maximum Gasteiger partial charge on any atom is 0.269 e. The summed E-state index contributed by atoms with van der Waals surface area (Å²) >= 11 is 5.91. The second-order valence-electron chi connectivity index (χ2n) is 7.55. The molecule has 1 aliphatic rings. The molecule has 0 atom stereocenters. The van der Waals surface area contributed by atoms with Gasteiger partial charge >= 0.3 is 0 Å². The number of carbonyl (C=O) groups excluding carboxylic acids is 1. The highest BCUT2D eigenvalue weighted by Gasteiger charge is 2.29. The lowest BCUT2D eigenvalue weighted by molar-refractivity contribution is 0.0936. The lowest BCUT2D eigenvalue weighted by Crippen LogP contribution is -2.31. The summed E-state index contributed by atoms with van der Waals surface area (Å²) in [5.41, 5.74) is 0.694. The molecule has 0 radical (unpaired) electrons. The van der Waals surface area contributed by atoms with Crippen LogP contribution in [-0.2, 0) is 9.84 Å². The molecular formula is C22H23ClN2O3S. The highest BCUT2D eigenvalue weighted by molar-refractivity contribution is 7.91. The van der Waals surface area contributed by atoms with E-state index >= 15 is 0 Å². The van der Waals surface area contributed by atoms with E-state index in [0.29, 0.717) is 28.4 Å². The van der Waals surface area contributed by atoms with Crippen LogP contribution >= 0.6 is 11.6 Å². The molecule has 4 rings (SSSR count). The maximum absolute atomic E-state index is 13.4. The molecule has 1 amide bonds. The number of H-pyrrole nitrogens is 1. The van der Waals surface area contributed by atoms with Gasteiger partial charge in [0.05, 0.1) is 4.90 Å². The third-order valence-corrected chi connectivity index (χ3v) is 7.66. The van der Waals surface area contributed by atoms with Gasteiger partial charge in [0.25, 0.3) is 5.91 Å². The Kier molecular flexibility index (Phi) is 5.65. The quantitative estimate of drug-likeness (QED) is 0.600. The first-order valence-corrected chi connectivity index (χ1v) is 11.7. The van der Waals surface area contributed by atoms with Crippen LogP contribution < -0.4 is 5.32 Å². The standard InChI is InChI=1S/C22H23ClN2O3S/c23-16-10-12-17(13-11-16)29(27,28)21-18-8-4-5-9-19(18)25-20(21)22(26)24-14-15-6-2-1-3-7-15/h4-5,8-13,15,25H,1-3,6-7,14H2,(H,24,26). The van der Waals surface area contributed by atoms with Gasteiger partial charge in [-0.15, -0.1) is 0 Å². The molecule has 2 N–H and O–H groups in total. The molecule has 0 aliphatic heterocycles. The summed E-state index contributed by atoms with van der Waals surface area (Å²) < 4.78 is 26.8. The molecule has 29 heavy (non-hydrogen) atoms. The molecule has 1 heterocycles. The van der Waals surface area contributed by atoms with E-state index in [9.17, 15) is 13.2 Å². The fourth-order valence-corrected chi connectivity index (χ4v) is 5.74. The number of para-hydroxylation sites is 1. The molecule has 7 heteroatoms. The van der Waals surface area contributed by atoms with Crippen molar-refractivity contribution in [2.24, 2.45) is 5.92 Å². The Labute approximate surface area is 175 Å². The minimum absolute atomic E-state index is 0.0107. The topological polar surface area (TPSA) is 79.0 Å². The maximum atomic E-state index is 13.4. The fourth-order valence-electron chi connectivity index (χ4n) is 4.00. The second-order valence-corrected chi connectivity index (χ2v) is 9.87. The van der Waals surface area contributed by atoms with Gasteiger partial charge < -0.3 is 10.3 Å². The number of benzene rings is 2. The Morgan fingerprint density at radius 2 is 1.72 bits per heavy atom. The van der Waals surface area contributed by atoms with Gasteiger partial charge in [0.1, 0.15) is 10.6 Å². The summed E-state index contributed by atoms with van der Waals surface area (Å²) in [5.74, 6) is 0.0627. The van der Waals surface area contributed by atoms with Crippen LogP contribution in [0.1, 0.15) is 42.6 Å².